The van der Waals surface area contributed by atoms with Crippen molar-refractivity contribution in [1.82, 2.24) is 5.32 Å². The average molecular weight is 291 g/mol. The van der Waals surface area contributed by atoms with Gasteiger partial charge < -0.3 is 15.8 Å². The highest BCUT2D eigenvalue weighted by molar-refractivity contribution is 5.85. The molecule has 1 amide bonds. The number of carbonyl (C=O) groups is 1. The first kappa shape index (κ1) is 16.7. The van der Waals surface area contributed by atoms with Gasteiger partial charge in [0.15, 0.2) is 0 Å². The average Bonchev–Trinajstić information content (AvgIpc) is 2.99. The molecule has 0 spiro atoms. The van der Waals surface area contributed by atoms with Crippen LogP contribution in [-0.4, -0.2) is 31.2 Å². The highest BCUT2D eigenvalue weighted by Crippen LogP contribution is 2.24. The van der Waals surface area contributed by atoms with Gasteiger partial charge in [-0.05, 0) is 38.5 Å². The zero-order chi connectivity index (χ0) is 12.8. The molecule has 3 N–H and O–H groups in total. The molecule has 5 heteroatoms. The van der Waals surface area contributed by atoms with Crippen LogP contribution < -0.4 is 11.1 Å². The number of ether oxygens (including phenoxy) is 1. The predicted molar refractivity (Wildman–Crippen MR) is 78.4 cm³/mol. The highest BCUT2D eigenvalue weighted by atomic mass is 35.5. The van der Waals surface area contributed by atoms with Gasteiger partial charge in [0.25, 0.3) is 0 Å². The molecular weight excluding hydrogens is 264 g/mol. The summed E-state index contributed by atoms with van der Waals surface area (Å²) in [6.45, 7) is 1.51. The van der Waals surface area contributed by atoms with E-state index >= 15 is 0 Å². The summed E-state index contributed by atoms with van der Waals surface area (Å²) in [4.78, 5) is 11.8. The van der Waals surface area contributed by atoms with Crippen molar-refractivity contribution in [3.63, 3.8) is 0 Å². The highest BCUT2D eigenvalue weighted by Gasteiger charge is 2.27. The lowest BCUT2D eigenvalue weighted by Gasteiger charge is -2.13. The normalized spacial score (nSPS) is 27.2. The summed E-state index contributed by atoms with van der Waals surface area (Å²) in [6, 6.07) is 0.228. The zero-order valence-corrected chi connectivity index (χ0v) is 12.4. The largest absolute Gasteiger partial charge is 0.378 e. The first-order valence-electron chi connectivity index (χ1n) is 7.40. The van der Waals surface area contributed by atoms with Crippen molar-refractivity contribution in [3.05, 3.63) is 0 Å². The molecule has 0 aromatic rings. The lowest BCUT2D eigenvalue weighted by atomic mass is 10.1. The fraction of sp³-hybridized carbons (Fsp3) is 0.929. The molecule has 2 saturated carbocycles. The third-order valence-corrected chi connectivity index (χ3v) is 4.12. The fourth-order valence-corrected chi connectivity index (χ4v) is 2.99. The second-order valence-electron chi connectivity index (χ2n) is 5.69. The summed E-state index contributed by atoms with van der Waals surface area (Å²) >= 11 is 0. The Labute approximate surface area is 122 Å². The van der Waals surface area contributed by atoms with Gasteiger partial charge in [0.1, 0.15) is 0 Å². The topological polar surface area (TPSA) is 64.4 Å². The monoisotopic (exact) mass is 290 g/mol. The van der Waals surface area contributed by atoms with E-state index < -0.39 is 0 Å². The molecule has 0 aromatic heterocycles. The first-order chi connectivity index (χ1) is 8.75. The third-order valence-electron chi connectivity index (χ3n) is 4.12. The molecule has 0 heterocycles. The Morgan fingerprint density at radius 2 is 1.95 bits per heavy atom. The summed E-state index contributed by atoms with van der Waals surface area (Å²) in [6.07, 6.45) is 9.24. The van der Waals surface area contributed by atoms with Gasteiger partial charge in [-0.25, -0.2) is 0 Å². The molecular formula is C14H27ClN2O2. The van der Waals surface area contributed by atoms with Crippen molar-refractivity contribution in [2.75, 3.05) is 13.2 Å². The van der Waals surface area contributed by atoms with Crippen LogP contribution in [-0.2, 0) is 9.53 Å². The summed E-state index contributed by atoms with van der Waals surface area (Å²) in [7, 11) is 0. The van der Waals surface area contributed by atoms with Gasteiger partial charge in [0, 0.05) is 25.1 Å². The smallest absolute Gasteiger partial charge is 0.223 e. The number of amides is 1. The lowest BCUT2D eigenvalue weighted by Crippen LogP contribution is -2.31. The van der Waals surface area contributed by atoms with Crippen LogP contribution in [0.2, 0.25) is 0 Å². The predicted octanol–water partition coefficient (Wildman–Crippen LogP) is 2.00. The van der Waals surface area contributed by atoms with Crippen LogP contribution in [0.4, 0.5) is 0 Å². The van der Waals surface area contributed by atoms with E-state index in [1.807, 2.05) is 0 Å². The Hall–Kier alpha value is -0.320. The van der Waals surface area contributed by atoms with Gasteiger partial charge in [0.05, 0.1) is 6.10 Å². The molecule has 19 heavy (non-hydrogen) atoms. The third kappa shape index (κ3) is 5.67. The van der Waals surface area contributed by atoms with E-state index in [9.17, 15) is 4.79 Å². The quantitative estimate of drug-likeness (QED) is 0.736. The standard InChI is InChI=1S/C14H26N2O2.ClH/c15-12-7-6-11(10-12)14(17)16-8-3-9-18-13-4-1-2-5-13;/h11-13H,1-10,15H2,(H,16,17);1H. The maximum atomic E-state index is 11.8. The maximum absolute atomic E-state index is 11.8. The minimum Gasteiger partial charge on any atom is -0.378 e. The van der Waals surface area contributed by atoms with E-state index in [1.165, 1.54) is 25.7 Å². The zero-order valence-electron chi connectivity index (χ0n) is 11.6. The van der Waals surface area contributed by atoms with Crippen LogP contribution in [0.25, 0.3) is 0 Å². The van der Waals surface area contributed by atoms with E-state index in [4.69, 9.17) is 10.5 Å². The minimum absolute atomic E-state index is 0. The van der Waals surface area contributed by atoms with E-state index in [1.54, 1.807) is 0 Å². The summed E-state index contributed by atoms with van der Waals surface area (Å²) < 4.78 is 5.76. The van der Waals surface area contributed by atoms with Crippen LogP contribution >= 0.6 is 12.4 Å². The molecule has 0 aliphatic heterocycles. The number of nitrogens with one attached hydrogen (secondary N) is 1. The lowest BCUT2D eigenvalue weighted by molar-refractivity contribution is -0.124. The van der Waals surface area contributed by atoms with E-state index in [-0.39, 0.29) is 30.3 Å². The van der Waals surface area contributed by atoms with Crippen LogP contribution in [0.1, 0.15) is 51.4 Å². The Balaban J connectivity index is 0.00000180. The summed E-state index contributed by atoms with van der Waals surface area (Å²) in [5.41, 5.74) is 5.81. The number of carbonyl (C=O) groups excluding carboxylic acids is 1. The van der Waals surface area contributed by atoms with Gasteiger partial charge in [-0.2, -0.15) is 0 Å². The van der Waals surface area contributed by atoms with E-state index in [0.717, 1.165) is 38.8 Å². The maximum Gasteiger partial charge on any atom is 0.223 e. The summed E-state index contributed by atoms with van der Waals surface area (Å²) in [5.74, 6) is 0.333. The van der Waals surface area contributed by atoms with E-state index in [2.05, 4.69) is 5.32 Å². The van der Waals surface area contributed by atoms with Crippen molar-refractivity contribution in [2.24, 2.45) is 11.7 Å². The molecule has 2 atom stereocenters. The molecule has 2 unspecified atom stereocenters. The van der Waals surface area contributed by atoms with Gasteiger partial charge in [0.2, 0.25) is 5.91 Å². The molecule has 4 nitrogen and oxygen atoms in total. The molecule has 2 aliphatic carbocycles. The van der Waals surface area contributed by atoms with Gasteiger partial charge >= 0.3 is 0 Å². The Morgan fingerprint density at radius 3 is 2.58 bits per heavy atom. The molecule has 0 saturated heterocycles. The van der Waals surface area contributed by atoms with Gasteiger partial charge in [-0.15, -0.1) is 12.4 Å². The molecule has 0 radical (unpaired) electrons. The SMILES string of the molecule is Cl.NC1CCC(C(=O)NCCCOC2CCCC2)C1. The molecule has 0 bridgehead atoms. The van der Waals surface area contributed by atoms with Crippen molar-refractivity contribution < 1.29 is 9.53 Å². The second-order valence-corrected chi connectivity index (χ2v) is 5.69. The van der Waals surface area contributed by atoms with Crippen molar-refractivity contribution in [3.8, 4) is 0 Å². The van der Waals surface area contributed by atoms with Crippen LogP contribution in [0.5, 0.6) is 0 Å². The van der Waals surface area contributed by atoms with Crippen molar-refractivity contribution in [2.45, 2.75) is 63.5 Å². The Morgan fingerprint density at radius 1 is 1.21 bits per heavy atom. The number of hydrogen-bond donors (Lipinski definition) is 2. The van der Waals surface area contributed by atoms with Crippen molar-refractivity contribution >= 4 is 18.3 Å². The van der Waals surface area contributed by atoms with E-state index in [0.29, 0.717) is 6.10 Å². The van der Waals surface area contributed by atoms with Crippen LogP contribution in [0, 0.1) is 5.92 Å². The number of rotatable bonds is 6. The van der Waals surface area contributed by atoms with Crippen LogP contribution in [0.15, 0.2) is 0 Å². The molecule has 0 aromatic carbocycles. The Bertz CT molecular complexity index is 270. The van der Waals surface area contributed by atoms with Crippen molar-refractivity contribution in [1.29, 1.82) is 0 Å². The first-order valence-corrected chi connectivity index (χ1v) is 7.40. The number of hydrogen-bond acceptors (Lipinski definition) is 3. The second kappa shape index (κ2) is 8.77. The Kier molecular flexibility index (Phi) is 7.73. The molecule has 2 fully saturated rings. The van der Waals surface area contributed by atoms with Gasteiger partial charge in [-0.3, -0.25) is 4.79 Å². The minimum atomic E-state index is 0. The molecule has 2 aliphatic rings. The molecule has 2 rings (SSSR count). The fourth-order valence-electron chi connectivity index (χ4n) is 2.99. The molecule has 112 valence electrons. The summed E-state index contributed by atoms with van der Waals surface area (Å²) in [5, 5.41) is 3.00. The number of halogens is 1. The van der Waals surface area contributed by atoms with Gasteiger partial charge in [-0.1, -0.05) is 12.8 Å². The van der Waals surface area contributed by atoms with Crippen LogP contribution in [0.3, 0.4) is 0 Å². The number of nitrogens with two attached hydrogens (primary N) is 1.